The Morgan fingerprint density at radius 1 is 1.16 bits per heavy atom. The lowest BCUT2D eigenvalue weighted by Crippen LogP contribution is -2.68. The van der Waals surface area contributed by atoms with E-state index in [9.17, 15) is 29.4 Å². The number of ether oxygens (including phenoxy) is 4. The first-order valence-electron chi connectivity index (χ1n) is 15.0. The topological polar surface area (TPSA) is 159 Å². The number of ketones is 1. The van der Waals surface area contributed by atoms with Crippen molar-refractivity contribution in [2.24, 2.45) is 28.6 Å². The number of carbonyl (C=O) groups excluding carboxylic acids is 4. The maximum absolute atomic E-state index is 14.0. The Labute approximate surface area is 249 Å². The van der Waals surface area contributed by atoms with E-state index in [-0.39, 0.29) is 31.4 Å². The second-order valence-electron chi connectivity index (χ2n) is 13.8. The molecule has 5 aliphatic rings. The van der Waals surface area contributed by atoms with Gasteiger partial charge in [-0.15, -0.1) is 0 Å². The number of furan rings is 1. The number of aliphatic hydroxyl groups excluding tert-OH is 1. The lowest BCUT2D eigenvalue weighted by Gasteiger charge is -2.58. The molecule has 12 atom stereocenters. The molecule has 1 aromatic heterocycles. The fourth-order valence-electron chi connectivity index (χ4n) is 9.07. The van der Waals surface area contributed by atoms with Crippen molar-refractivity contribution in [1.82, 2.24) is 0 Å². The molecule has 0 amide bonds. The first kappa shape index (κ1) is 30.0. The summed E-state index contributed by atoms with van der Waals surface area (Å²) in [5, 5.41) is 23.5. The predicted molar refractivity (Wildman–Crippen MR) is 147 cm³/mol. The first-order valence-corrected chi connectivity index (χ1v) is 15.0. The van der Waals surface area contributed by atoms with Gasteiger partial charge in [-0.05, 0) is 30.0 Å². The molecule has 5 fully saturated rings. The zero-order valence-electron chi connectivity index (χ0n) is 25.2. The molecule has 0 bridgehead atoms. The van der Waals surface area contributed by atoms with E-state index in [0.29, 0.717) is 12.0 Å². The van der Waals surface area contributed by atoms with Crippen LogP contribution in [0.4, 0.5) is 0 Å². The molecule has 0 aromatic carbocycles. The first-order chi connectivity index (χ1) is 20.1. The number of cyclic esters (lactones) is 1. The van der Waals surface area contributed by atoms with Gasteiger partial charge in [0.1, 0.15) is 24.4 Å². The Bertz CT molecular complexity index is 1370. The molecule has 1 aromatic rings. The highest BCUT2D eigenvalue weighted by molar-refractivity contribution is 5.96. The number of Topliss-reactive ketones (excluding diaryl/α,β-unsaturated/α-hetero) is 1. The van der Waals surface area contributed by atoms with Gasteiger partial charge < -0.3 is 33.6 Å². The molecule has 11 nitrogen and oxygen atoms in total. The monoisotopic (exact) mass is 600 g/mol. The van der Waals surface area contributed by atoms with Crippen molar-refractivity contribution in [2.75, 3.05) is 6.61 Å². The molecule has 4 heterocycles. The molecule has 2 aliphatic carbocycles. The van der Waals surface area contributed by atoms with Crippen molar-refractivity contribution in [3.05, 3.63) is 36.3 Å². The van der Waals surface area contributed by atoms with Gasteiger partial charge in [0.2, 0.25) is 0 Å². The molecular formula is C32H40O11. The maximum Gasteiger partial charge on any atom is 0.335 e. The Kier molecular flexibility index (Phi) is 6.80. The molecule has 11 heteroatoms. The third-order valence-corrected chi connectivity index (χ3v) is 11.7. The molecule has 3 aliphatic heterocycles. The molecule has 0 spiro atoms. The largest absolute Gasteiger partial charge is 0.472 e. The minimum absolute atomic E-state index is 0.0812. The summed E-state index contributed by atoms with van der Waals surface area (Å²) in [4.78, 5) is 53.4. The van der Waals surface area contributed by atoms with E-state index in [1.165, 1.54) is 12.5 Å². The van der Waals surface area contributed by atoms with Crippen molar-refractivity contribution in [3.8, 4) is 0 Å². The van der Waals surface area contributed by atoms with E-state index >= 15 is 0 Å². The smallest absolute Gasteiger partial charge is 0.335 e. The minimum Gasteiger partial charge on any atom is -0.472 e. The lowest BCUT2D eigenvalue weighted by molar-refractivity contribution is -0.216. The highest BCUT2D eigenvalue weighted by Gasteiger charge is 2.79. The van der Waals surface area contributed by atoms with Gasteiger partial charge in [0.15, 0.2) is 17.5 Å². The summed E-state index contributed by atoms with van der Waals surface area (Å²) in [6, 6.07) is 1.70. The number of hydrogen-bond donors (Lipinski definition) is 2. The van der Waals surface area contributed by atoms with Crippen LogP contribution in [0.1, 0.15) is 71.8 Å². The molecule has 2 N–H and O–H groups in total. The number of aliphatic hydroxyl groups is 2. The summed E-state index contributed by atoms with van der Waals surface area (Å²) < 4.78 is 29.4. The molecular weight excluding hydrogens is 560 g/mol. The predicted octanol–water partition coefficient (Wildman–Crippen LogP) is 2.62. The highest BCUT2D eigenvalue weighted by atomic mass is 16.6. The molecule has 0 unspecified atom stereocenters. The van der Waals surface area contributed by atoms with Crippen molar-refractivity contribution >= 4 is 23.7 Å². The lowest BCUT2D eigenvalue weighted by atomic mass is 9.48. The fourth-order valence-corrected chi connectivity index (χ4v) is 9.07. The molecule has 3 saturated heterocycles. The van der Waals surface area contributed by atoms with Crippen molar-refractivity contribution in [1.29, 1.82) is 0 Å². The molecule has 6 rings (SSSR count). The van der Waals surface area contributed by atoms with Crippen LogP contribution in [0.2, 0.25) is 0 Å². The SMILES string of the molecule is C=C1[C@@H]2[C@@H](O[C@H]3CC(=O)O[C@]4(C)COC(=O)C[C@@H]4[C@]32C)[C@H](OC(=O)[C@H](O)[C@H](C)CC)[C@@]2(C)[C@H](c3ccoc3)CC(=O)[C@]12O. The van der Waals surface area contributed by atoms with Gasteiger partial charge in [-0.25, -0.2) is 4.79 Å². The van der Waals surface area contributed by atoms with Gasteiger partial charge in [0, 0.05) is 29.6 Å². The van der Waals surface area contributed by atoms with Crippen LogP contribution in [-0.2, 0) is 38.1 Å². The van der Waals surface area contributed by atoms with Crippen LogP contribution in [0.25, 0.3) is 0 Å². The average Bonchev–Trinajstić information content (AvgIpc) is 3.63. The summed E-state index contributed by atoms with van der Waals surface area (Å²) in [7, 11) is 0. The van der Waals surface area contributed by atoms with E-state index in [1.54, 1.807) is 26.8 Å². The zero-order chi connectivity index (χ0) is 31.3. The Morgan fingerprint density at radius 2 is 1.88 bits per heavy atom. The van der Waals surface area contributed by atoms with Gasteiger partial charge in [0.05, 0.1) is 36.9 Å². The molecule has 0 radical (unpaired) electrons. The molecule has 2 saturated carbocycles. The van der Waals surface area contributed by atoms with Crippen LogP contribution in [-0.4, -0.2) is 76.1 Å². The van der Waals surface area contributed by atoms with E-state index in [4.69, 9.17) is 23.4 Å². The van der Waals surface area contributed by atoms with Crippen LogP contribution in [0.3, 0.4) is 0 Å². The quantitative estimate of drug-likeness (QED) is 0.291. The van der Waals surface area contributed by atoms with E-state index in [1.807, 2.05) is 13.8 Å². The maximum atomic E-state index is 14.0. The summed E-state index contributed by atoms with van der Waals surface area (Å²) in [5.74, 6) is -4.92. The van der Waals surface area contributed by atoms with Gasteiger partial charge in [-0.1, -0.05) is 40.7 Å². The third-order valence-electron chi connectivity index (χ3n) is 11.7. The van der Waals surface area contributed by atoms with Gasteiger partial charge in [-0.3, -0.25) is 14.4 Å². The summed E-state index contributed by atoms with van der Waals surface area (Å²) >= 11 is 0. The second kappa shape index (κ2) is 9.74. The third kappa shape index (κ3) is 3.83. The zero-order valence-corrected chi connectivity index (χ0v) is 25.2. The van der Waals surface area contributed by atoms with Crippen molar-refractivity contribution in [3.63, 3.8) is 0 Å². The minimum atomic E-state index is -2.17. The van der Waals surface area contributed by atoms with Crippen LogP contribution >= 0.6 is 0 Å². The van der Waals surface area contributed by atoms with Crippen LogP contribution in [0.5, 0.6) is 0 Å². The second-order valence-corrected chi connectivity index (χ2v) is 13.8. The van der Waals surface area contributed by atoms with Gasteiger partial charge >= 0.3 is 17.9 Å². The highest BCUT2D eigenvalue weighted by Crippen LogP contribution is 2.70. The van der Waals surface area contributed by atoms with Crippen LogP contribution in [0.15, 0.2) is 35.2 Å². The Morgan fingerprint density at radius 3 is 2.53 bits per heavy atom. The summed E-state index contributed by atoms with van der Waals surface area (Å²) in [5.41, 5.74) is -5.10. The molecule has 234 valence electrons. The summed E-state index contributed by atoms with van der Waals surface area (Å²) in [6.45, 7) is 13.0. The van der Waals surface area contributed by atoms with Crippen molar-refractivity contribution < 1.29 is 52.8 Å². The Balaban J connectivity index is 1.54. The fraction of sp³-hybridized carbons (Fsp3) is 0.688. The number of rotatable bonds is 5. The molecule has 43 heavy (non-hydrogen) atoms. The van der Waals surface area contributed by atoms with E-state index in [0.717, 1.165) is 0 Å². The van der Waals surface area contributed by atoms with E-state index < -0.39 is 93.8 Å². The number of carbonyl (C=O) groups is 4. The standard InChI is InChI=1S/C32H40O11/c1-7-15(2)25(36)28(37)42-27-26-24(16(3)32(38)20(33)10-18(31(27,32)6)17-8-9-39-13-17)30(5)19-11-22(34)40-14-29(19,4)43-23(35)12-21(30)41-26/h8-9,13,15,18-19,21,24-27,36,38H,3,7,10-12,14H2,1-2,4-6H3/t15-,18+,19+,21+,24-,25-,26-,27+,29-,30-,31-,32-/m1/s1. The van der Waals surface area contributed by atoms with Gasteiger partial charge in [0.25, 0.3) is 0 Å². The normalized spacial score (nSPS) is 45.1. The summed E-state index contributed by atoms with van der Waals surface area (Å²) in [6.07, 6.45) is -1.35. The van der Waals surface area contributed by atoms with E-state index in [2.05, 4.69) is 6.58 Å². The number of esters is 3. The average molecular weight is 601 g/mol. The Hall–Kier alpha value is -3.02. The van der Waals surface area contributed by atoms with Gasteiger partial charge in [-0.2, -0.15) is 0 Å². The van der Waals surface area contributed by atoms with Crippen molar-refractivity contribution in [2.45, 2.75) is 102 Å². The van der Waals surface area contributed by atoms with Crippen LogP contribution in [0, 0.1) is 28.6 Å². The number of hydrogen-bond acceptors (Lipinski definition) is 11. The van der Waals surface area contributed by atoms with Crippen LogP contribution < -0.4 is 0 Å². The number of fused-ring (bicyclic) bond motifs is 6.